The Balaban J connectivity index is 2.00. The molecule has 1 aliphatic heterocycles. The minimum Gasteiger partial charge on any atom is -0.496 e. The maximum absolute atomic E-state index is 13.1. The number of carbonyl (C=O) groups is 2. The first-order valence-electron chi connectivity index (χ1n) is 11.9. The lowest BCUT2D eigenvalue weighted by Crippen LogP contribution is -2.50. The molecule has 1 aromatic rings. The lowest BCUT2D eigenvalue weighted by atomic mass is 9.79. The van der Waals surface area contributed by atoms with Crippen molar-refractivity contribution in [3.8, 4) is 17.2 Å². The Kier molecular flexibility index (Phi) is 9.78. The largest absolute Gasteiger partial charge is 0.534 e. The van der Waals surface area contributed by atoms with Crippen LogP contribution < -0.4 is 13.7 Å². The maximum atomic E-state index is 13.1. The van der Waals surface area contributed by atoms with Gasteiger partial charge in [0, 0.05) is 36.7 Å². The minimum absolute atomic E-state index is 0.0357. The topological polar surface area (TPSA) is 124 Å². The third-order valence-electron chi connectivity index (χ3n) is 6.24. The first-order chi connectivity index (χ1) is 18.3. The van der Waals surface area contributed by atoms with E-state index in [1.165, 1.54) is 21.0 Å². The highest BCUT2D eigenvalue weighted by atomic mass is 35.5. The number of aldehydes is 1. The van der Waals surface area contributed by atoms with Gasteiger partial charge in [0.1, 0.15) is 17.4 Å². The molecule has 0 aromatic heterocycles. The molecule has 0 saturated carbocycles. The van der Waals surface area contributed by atoms with Gasteiger partial charge in [0.25, 0.3) is 0 Å². The number of carbonyl (C=O) groups excluding carboxylic acids is 2. The van der Waals surface area contributed by atoms with Crippen molar-refractivity contribution in [1.29, 1.82) is 0 Å². The molecule has 1 heterocycles. The molecule has 0 spiro atoms. The number of halogens is 4. The molecular formula is C24H28ClF3O10S. The zero-order valence-corrected chi connectivity index (χ0v) is 22.9. The fourth-order valence-corrected chi connectivity index (χ4v) is 4.88. The highest BCUT2D eigenvalue weighted by Gasteiger charge is 2.50. The number of methoxy groups -OCH3 is 1. The van der Waals surface area contributed by atoms with E-state index < -0.39 is 50.0 Å². The zero-order chi connectivity index (χ0) is 29.0. The second-order valence-electron chi connectivity index (χ2n) is 8.94. The van der Waals surface area contributed by atoms with Crippen LogP contribution in [0.2, 0.25) is 5.02 Å². The summed E-state index contributed by atoms with van der Waals surface area (Å²) in [6, 6.07) is 0.861. The smallest absolute Gasteiger partial charge is 0.496 e. The van der Waals surface area contributed by atoms with E-state index in [0.29, 0.717) is 19.3 Å². The van der Waals surface area contributed by atoms with Gasteiger partial charge in [0.05, 0.1) is 13.7 Å². The van der Waals surface area contributed by atoms with Crippen molar-refractivity contribution in [1.82, 2.24) is 0 Å². The van der Waals surface area contributed by atoms with Crippen molar-refractivity contribution in [2.75, 3.05) is 26.9 Å². The number of alkyl halides is 3. The third kappa shape index (κ3) is 6.79. The summed E-state index contributed by atoms with van der Waals surface area (Å²) in [6.07, 6.45) is 3.42. The van der Waals surface area contributed by atoms with Gasteiger partial charge in [-0.3, -0.25) is 9.59 Å². The van der Waals surface area contributed by atoms with E-state index >= 15 is 0 Å². The molecule has 0 N–H and O–H groups in total. The number of ketones is 1. The molecule has 1 aromatic carbocycles. The highest BCUT2D eigenvalue weighted by Crippen LogP contribution is 2.47. The van der Waals surface area contributed by atoms with Crippen LogP contribution in [-0.2, 0) is 33.9 Å². The van der Waals surface area contributed by atoms with Gasteiger partial charge in [-0.25, -0.2) is 0 Å². The number of ether oxygens (including phenoxy) is 5. The SMILES string of the molecule is COC1=CC(=O)C[C@@H](C)[C@]1(C=O)Oc1c(C)c(OCCOC2CCCCO2)cc(OS(=O)(=O)C(F)(F)F)c1Cl. The molecule has 3 atom stereocenters. The normalized spacial score (nSPS) is 24.1. The molecule has 10 nitrogen and oxygen atoms in total. The number of allylic oxidation sites excluding steroid dienone is 1. The molecule has 0 radical (unpaired) electrons. The Hall–Kier alpha value is -2.55. The zero-order valence-electron chi connectivity index (χ0n) is 21.3. The van der Waals surface area contributed by atoms with Gasteiger partial charge in [-0.15, -0.1) is 0 Å². The van der Waals surface area contributed by atoms with Crippen LogP contribution in [0, 0.1) is 12.8 Å². The molecule has 0 amide bonds. The molecule has 1 fully saturated rings. The van der Waals surface area contributed by atoms with Crippen LogP contribution in [0.3, 0.4) is 0 Å². The standard InChI is InChI=1S/C24H28ClF3O10S/c1-14-10-16(30)11-19(33-3)23(14,13-29)37-22-15(2)17(34-8-9-36-20-6-4-5-7-35-20)12-18(21(22)25)38-39(31,32)24(26,27)28/h11-14,20H,4-10H2,1-3H3/t14-,20?,23+/m1/s1. The monoisotopic (exact) mass is 600 g/mol. The Labute approximate surface area is 228 Å². The van der Waals surface area contributed by atoms with E-state index in [0.717, 1.165) is 25.0 Å². The van der Waals surface area contributed by atoms with Crippen molar-refractivity contribution in [2.24, 2.45) is 5.92 Å². The molecule has 1 aliphatic carbocycles. The molecule has 3 rings (SSSR count). The summed E-state index contributed by atoms with van der Waals surface area (Å²) in [6.45, 7) is 3.43. The van der Waals surface area contributed by atoms with E-state index in [1.54, 1.807) is 0 Å². The minimum atomic E-state index is -6.13. The maximum Gasteiger partial charge on any atom is 0.534 e. The average molecular weight is 601 g/mol. The Morgan fingerprint density at radius 1 is 1.23 bits per heavy atom. The lowest BCUT2D eigenvalue weighted by Gasteiger charge is -2.38. The van der Waals surface area contributed by atoms with E-state index in [1.807, 2.05) is 0 Å². The van der Waals surface area contributed by atoms with Gasteiger partial charge in [-0.05, 0) is 26.2 Å². The molecular weight excluding hydrogens is 573 g/mol. The molecule has 15 heteroatoms. The molecule has 0 bridgehead atoms. The van der Waals surface area contributed by atoms with Crippen molar-refractivity contribution < 1.29 is 59.0 Å². The van der Waals surface area contributed by atoms with Crippen molar-refractivity contribution in [2.45, 2.75) is 56.9 Å². The first-order valence-corrected chi connectivity index (χ1v) is 13.7. The summed E-state index contributed by atoms with van der Waals surface area (Å²) in [5.74, 6) is -2.83. The Morgan fingerprint density at radius 2 is 1.95 bits per heavy atom. The number of benzene rings is 1. The van der Waals surface area contributed by atoms with Crippen molar-refractivity contribution >= 4 is 33.8 Å². The van der Waals surface area contributed by atoms with E-state index in [4.69, 9.17) is 35.3 Å². The summed E-state index contributed by atoms with van der Waals surface area (Å²) in [4.78, 5) is 24.4. The van der Waals surface area contributed by atoms with Crippen molar-refractivity contribution in [3.05, 3.63) is 28.5 Å². The van der Waals surface area contributed by atoms with Gasteiger partial charge < -0.3 is 27.9 Å². The first kappa shape index (κ1) is 31.0. The van der Waals surface area contributed by atoms with Gasteiger partial charge in [-0.2, -0.15) is 21.6 Å². The average Bonchev–Trinajstić information content (AvgIpc) is 2.87. The fraction of sp³-hybridized carbons (Fsp3) is 0.583. The Bertz CT molecular complexity index is 1210. The second-order valence-corrected chi connectivity index (χ2v) is 10.9. The molecule has 39 heavy (non-hydrogen) atoms. The van der Waals surface area contributed by atoms with Crippen LogP contribution in [-0.4, -0.2) is 64.8 Å². The predicted octanol–water partition coefficient (Wildman–Crippen LogP) is 4.25. The number of hydrogen-bond donors (Lipinski definition) is 0. The third-order valence-corrected chi connectivity index (χ3v) is 7.56. The highest BCUT2D eigenvalue weighted by molar-refractivity contribution is 7.88. The second kappa shape index (κ2) is 12.3. The van der Waals surface area contributed by atoms with Gasteiger partial charge in [-0.1, -0.05) is 18.5 Å². The van der Waals surface area contributed by atoms with Gasteiger partial charge in [0.2, 0.25) is 5.60 Å². The van der Waals surface area contributed by atoms with Crippen LogP contribution in [0.25, 0.3) is 0 Å². The van der Waals surface area contributed by atoms with Gasteiger partial charge in [0.15, 0.2) is 35.6 Å². The summed E-state index contributed by atoms with van der Waals surface area (Å²) in [5.41, 5.74) is -7.57. The van der Waals surface area contributed by atoms with E-state index in [-0.39, 0.29) is 42.5 Å². The summed E-state index contributed by atoms with van der Waals surface area (Å²) in [5, 5.41) is -0.680. The van der Waals surface area contributed by atoms with Gasteiger partial charge >= 0.3 is 15.6 Å². The van der Waals surface area contributed by atoms with Crippen LogP contribution in [0.5, 0.6) is 17.2 Å². The van der Waals surface area contributed by atoms with E-state index in [9.17, 15) is 31.2 Å². The van der Waals surface area contributed by atoms with Crippen LogP contribution in [0.1, 0.15) is 38.2 Å². The fourth-order valence-electron chi connectivity index (χ4n) is 4.10. The van der Waals surface area contributed by atoms with E-state index in [2.05, 4.69) is 4.18 Å². The van der Waals surface area contributed by atoms with Crippen molar-refractivity contribution in [3.63, 3.8) is 0 Å². The number of hydrogen-bond acceptors (Lipinski definition) is 10. The Morgan fingerprint density at radius 3 is 2.54 bits per heavy atom. The summed E-state index contributed by atoms with van der Waals surface area (Å²) in [7, 11) is -4.93. The predicted molar refractivity (Wildman–Crippen MR) is 130 cm³/mol. The van der Waals surface area contributed by atoms with Crippen LogP contribution in [0.15, 0.2) is 17.9 Å². The number of rotatable bonds is 11. The van der Waals surface area contributed by atoms with Crippen LogP contribution in [0.4, 0.5) is 13.2 Å². The summed E-state index contributed by atoms with van der Waals surface area (Å²) >= 11 is 6.29. The lowest BCUT2D eigenvalue weighted by molar-refractivity contribution is -0.165. The molecule has 218 valence electrons. The quantitative estimate of drug-likeness (QED) is 0.158. The summed E-state index contributed by atoms with van der Waals surface area (Å²) < 4.78 is 95.0. The molecule has 2 aliphatic rings. The van der Waals surface area contributed by atoms with Crippen LogP contribution >= 0.6 is 11.6 Å². The molecule has 1 unspecified atom stereocenters. The molecule has 1 saturated heterocycles.